The standard InChI is InChI=1S/C11H13N3O2S/c1-3-11(2)9(15)14(10(16)13-11)12-6-8-4-5-17-7-8/h4-7H,3H2,1-2H3,(H,13,16)/b12-6+. The van der Waals surface area contributed by atoms with Gasteiger partial charge in [0.05, 0.1) is 6.21 Å². The molecule has 6 heteroatoms. The van der Waals surface area contributed by atoms with Crippen molar-refractivity contribution in [3.05, 3.63) is 22.4 Å². The van der Waals surface area contributed by atoms with E-state index in [1.54, 1.807) is 6.92 Å². The van der Waals surface area contributed by atoms with E-state index in [1.165, 1.54) is 17.6 Å². The lowest BCUT2D eigenvalue weighted by atomic mass is 10.00. The molecule has 1 N–H and O–H groups in total. The highest BCUT2D eigenvalue weighted by Crippen LogP contribution is 2.20. The van der Waals surface area contributed by atoms with E-state index in [2.05, 4.69) is 10.4 Å². The molecular weight excluding hydrogens is 238 g/mol. The Balaban J connectivity index is 2.17. The molecule has 1 aliphatic heterocycles. The SMILES string of the molecule is CCC1(C)NC(=O)N(/N=C/c2ccsc2)C1=O. The summed E-state index contributed by atoms with van der Waals surface area (Å²) in [6.45, 7) is 3.55. The maximum absolute atomic E-state index is 12.0. The van der Waals surface area contributed by atoms with Gasteiger partial charge in [0, 0.05) is 5.56 Å². The van der Waals surface area contributed by atoms with Crippen molar-refractivity contribution >= 4 is 29.5 Å². The Morgan fingerprint density at radius 3 is 2.88 bits per heavy atom. The molecule has 0 aliphatic carbocycles. The number of imide groups is 1. The fraction of sp³-hybridized carbons (Fsp3) is 0.364. The van der Waals surface area contributed by atoms with E-state index >= 15 is 0 Å². The second-order valence-electron chi connectivity index (χ2n) is 4.03. The Hall–Kier alpha value is -1.69. The average Bonchev–Trinajstić information content (AvgIpc) is 2.87. The van der Waals surface area contributed by atoms with Crippen molar-refractivity contribution in [1.82, 2.24) is 10.3 Å². The molecule has 2 rings (SSSR count). The van der Waals surface area contributed by atoms with E-state index in [0.29, 0.717) is 6.42 Å². The van der Waals surface area contributed by atoms with Crippen LogP contribution in [0.25, 0.3) is 0 Å². The van der Waals surface area contributed by atoms with Crippen LogP contribution >= 0.6 is 11.3 Å². The average molecular weight is 251 g/mol. The first-order chi connectivity index (χ1) is 8.07. The molecule has 3 amide bonds. The summed E-state index contributed by atoms with van der Waals surface area (Å²) in [6, 6.07) is 1.40. The highest BCUT2D eigenvalue weighted by Gasteiger charge is 2.46. The molecular formula is C11H13N3O2S. The number of rotatable bonds is 3. The van der Waals surface area contributed by atoms with Crippen molar-refractivity contribution in [2.75, 3.05) is 0 Å². The van der Waals surface area contributed by atoms with E-state index in [9.17, 15) is 9.59 Å². The highest BCUT2D eigenvalue weighted by atomic mass is 32.1. The molecule has 0 spiro atoms. The number of nitrogens with zero attached hydrogens (tertiary/aromatic N) is 2. The Labute approximate surface area is 103 Å². The highest BCUT2D eigenvalue weighted by molar-refractivity contribution is 7.08. The first-order valence-electron chi connectivity index (χ1n) is 5.30. The summed E-state index contributed by atoms with van der Waals surface area (Å²) in [6.07, 6.45) is 2.05. The maximum Gasteiger partial charge on any atom is 0.346 e. The minimum atomic E-state index is -0.830. The monoisotopic (exact) mass is 251 g/mol. The molecule has 1 unspecified atom stereocenters. The minimum Gasteiger partial charge on any atom is -0.322 e. The number of thiophene rings is 1. The van der Waals surface area contributed by atoms with Gasteiger partial charge in [0.25, 0.3) is 5.91 Å². The number of hydrogen-bond acceptors (Lipinski definition) is 4. The summed E-state index contributed by atoms with van der Waals surface area (Å²) in [4.78, 5) is 23.6. The molecule has 1 saturated heterocycles. The van der Waals surface area contributed by atoms with E-state index in [1.807, 2.05) is 23.8 Å². The molecule has 0 bridgehead atoms. The van der Waals surface area contributed by atoms with Crippen molar-refractivity contribution < 1.29 is 9.59 Å². The zero-order valence-electron chi connectivity index (χ0n) is 9.64. The molecule has 1 aromatic heterocycles. The smallest absolute Gasteiger partial charge is 0.322 e. The summed E-state index contributed by atoms with van der Waals surface area (Å²) < 4.78 is 0. The first kappa shape index (κ1) is 11.8. The number of carbonyl (C=O) groups excluding carboxylic acids is 2. The third-order valence-electron chi connectivity index (χ3n) is 2.81. The van der Waals surface area contributed by atoms with Gasteiger partial charge in [0.1, 0.15) is 5.54 Å². The lowest BCUT2D eigenvalue weighted by Crippen LogP contribution is -2.42. The molecule has 1 aliphatic rings. The Bertz CT molecular complexity index is 469. The Kier molecular flexibility index (Phi) is 2.97. The molecule has 5 nitrogen and oxygen atoms in total. The summed E-state index contributed by atoms with van der Waals surface area (Å²) in [7, 11) is 0. The van der Waals surface area contributed by atoms with E-state index in [4.69, 9.17) is 0 Å². The van der Waals surface area contributed by atoms with Crippen LogP contribution in [-0.2, 0) is 4.79 Å². The summed E-state index contributed by atoms with van der Waals surface area (Å²) in [5.41, 5.74) is 0.0454. The van der Waals surface area contributed by atoms with Crippen LogP contribution in [0.4, 0.5) is 4.79 Å². The van der Waals surface area contributed by atoms with Gasteiger partial charge in [-0.25, -0.2) is 4.79 Å². The van der Waals surface area contributed by atoms with Crippen LogP contribution < -0.4 is 5.32 Å². The van der Waals surface area contributed by atoms with Gasteiger partial charge in [0.15, 0.2) is 0 Å². The maximum atomic E-state index is 12.0. The summed E-state index contributed by atoms with van der Waals surface area (Å²) in [5, 5.41) is 11.2. The van der Waals surface area contributed by atoms with Crippen molar-refractivity contribution in [3.63, 3.8) is 0 Å². The number of amides is 3. The van der Waals surface area contributed by atoms with E-state index in [0.717, 1.165) is 10.6 Å². The number of urea groups is 1. The molecule has 2 heterocycles. The van der Waals surface area contributed by atoms with Crippen molar-refractivity contribution in [1.29, 1.82) is 0 Å². The predicted octanol–water partition coefficient (Wildman–Crippen LogP) is 1.80. The molecule has 0 saturated carbocycles. The van der Waals surface area contributed by atoms with Gasteiger partial charge in [-0.1, -0.05) is 6.92 Å². The zero-order chi connectivity index (χ0) is 12.5. The van der Waals surface area contributed by atoms with Crippen molar-refractivity contribution in [2.45, 2.75) is 25.8 Å². The second kappa shape index (κ2) is 4.29. The van der Waals surface area contributed by atoms with Gasteiger partial charge < -0.3 is 5.32 Å². The largest absolute Gasteiger partial charge is 0.346 e. The molecule has 0 radical (unpaired) electrons. The lowest BCUT2D eigenvalue weighted by Gasteiger charge is -2.17. The van der Waals surface area contributed by atoms with Gasteiger partial charge in [0.2, 0.25) is 0 Å². The number of carbonyl (C=O) groups is 2. The van der Waals surface area contributed by atoms with Gasteiger partial charge >= 0.3 is 6.03 Å². The minimum absolute atomic E-state index is 0.309. The molecule has 90 valence electrons. The van der Waals surface area contributed by atoms with Crippen LogP contribution in [0.3, 0.4) is 0 Å². The molecule has 17 heavy (non-hydrogen) atoms. The third kappa shape index (κ3) is 2.08. The Morgan fingerprint density at radius 2 is 2.35 bits per heavy atom. The fourth-order valence-corrected chi connectivity index (χ4v) is 2.10. The quantitative estimate of drug-likeness (QED) is 0.657. The Morgan fingerprint density at radius 1 is 1.59 bits per heavy atom. The normalized spacial score (nSPS) is 24.7. The van der Waals surface area contributed by atoms with Crippen LogP contribution in [0.2, 0.25) is 0 Å². The van der Waals surface area contributed by atoms with Crippen molar-refractivity contribution in [3.8, 4) is 0 Å². The van der Waals surface area contributed by atoms with E-state index < -0.39 is 11.6 Å². The lowest BCUT2D eigenvalue weighted by molar-refractivity contribution is -0.130. The van der Waals surface area contributed by atoms with Crippen LogP contribution in [0.5, 0.6) is 0 Å². The fourth-order valence-electron chi connectivity index (χ4n) is 1.49. The van der Waals surface area contributed by atoms with Crippen molar-refractivity contribution in [2.24, 2.45) is 5.10 Å². The third-order valence-corrected chi connectivity index (χ3v) is 3.51. The summed E-state index contributed by atoms with van der Waals surface area (Å²) >= 11 is 1.53. The van der Waals surface area contributed by atoms with Crippen LogP contribution in [-0.4, -0.2) is 28.7 Å². The first-order valence-corrected chi connectivity index (χ1v) is 6.24. The number of nitrogens with one attached hydrogen (secondary N) is 1. The molecule has 1 fully saturated rings. The van der Waals surface area contributed by atoms with Crippen LogP contribution in [0.1, 0.15) is 25.8 Å². The van der Waals surface area contributed by atoms with Gasteiger partial charge in [-0.3, -0.25) is 4.79 Å². The number of hydrogen-bond donors (Lipinski definition) is 1. The zero-order valence-corrected chi connectivity index (χ0v) is 10.5. The van der Waals surface area contributed by atoms with Gasteiger partial charge in [-0.05, 0) is 30.2 Å². The summed E-state index contributed by atoms with van der Waals surface area (Å²) in [5.74, 6) is -0.309. The predicted molar refractivity (Wildman–Crippen MR) is 66.0 cm³/mol. The van der Waals surface area contributed by atoms with Gasteiger partial charge in [-0.15, -0.1) is 5.01 Å². The second-order valence-corrected chi connectivity index (χ2v) is 4.81. The molecule has 1 atom stereocenters. The van der Waals surface area contributed by atoms with Gasteiger partial charge in [-0.2, -0.15) is 16.4 Å². The molecule has 1 aromatic rings. The van der Waals surface area contributed by atoms with E-state index in [-0.39, 0.29) is 5.91 Å². The number of hydrazone groups is 1. The molecule has 0 aromatic carbocycles. The van der Waals surface area contributed by atoms with Crippen LogP contribution in [0, 0.1) is 0 Å². The van der Waals surface area contributed by atoms with Crippen LogP contribution in [0.15, 0.2) is 21.9 Å². The topological polar surface area (TPSA) is 61.8 Å².